The lowest BCUT2D eigenvalue weighted by Crippen LogP contribution is -2.40. The van der Waals surface area contributed by atoms with Crippen molar-refractivity contribution in [3.05, 3.63) is 29.3 Å². The van der Waals surface area contributed by atoms with Gasteiger partial charge in [0.1, 0.15) is 22.9 Å². The number of phenolic OH excluding ortho intramolecular Hbond substituents is 1. The maximum atomic E-state index is 13.7. The molecule has 3 nitrogen and oxygen atoms in total. The van der Waals surface area contributed by atoms with Gasteiger partial charge in [0.15, 0.2) is 0 Å². The fraction of sp³-hybridized carbons (Fsp3) is 0.500. The van der Waals surface area contributed by atoms with E-state index < -0.39 is 28.9 Å². The van der Waals surface area contributed by atoms with Gasteiger partial charge in [-0.15, -0.1) is 0 Å². The fourth-order valence-corrected chi connectivity index (χ4v) is 3.76. The van der Waals surface area contributed by atoms with Crippen molar-refractivity contribution in [3.8, 4) is 5.75 Å². The lowest BCUT2D eigenvalue weighted by molar-refractivity contribution is 0.0730. The van der Waals surface area contributed by atoms with Crippen molar-refractivity contribution in [1.82, 2.24) is 4.90 Å². The second-order valence-electron chi connectivity index (χ2n) is 4.97. The van der Waals surface area contributed by atoms with E-state index in [0.29, 0.717) is 11.3 Å². The average Bonchev–Trinajstić information content (AvgIpc) is 2.84. The van der Waals surface area contributed by atoms with Gasteiger partial charge < -0.3 is 10.0 Å². The number of hydrogen-bond donors (Lipinski definition) is 1. The van der Waals surface area contributed by atoms with Gasteiger partial charge in [0.2, 0.25) is 0 Å². The van der Waals surface area contributed by atoms with E-state index in [1.165, 1.54) is 4.90 Å². The molecule has 0 spiro atoms. The number of aromatic hydroxyl groups is 1. The third-order valence-corrected chi connectivity index (χ3v) is 4.94. The first kappa shape index (κ1) is 15.1. The monoisotopic (exact) mass is 301 g/mol. The third kappa shape index (κ3) is 2.75. The summed E-state index contributed by atoms with van der Waals surface area (Å²) in [6.07, 6.45) is 4.88. The van der Waals surface area contributed by atoms with Gasteiger partial charge in [-0.3, -0.25) is 4.79 Å². The molecule has 0 aromatic heterocycles. The van der Waals surface area contributed by atoms with E-state index >= 15 is 0 Å². The number of benzene rings is 1. The van der Waals surface area contributed by atoms with Crippen LogP contribution >= 0.6 is 11.8 Å². The van der Waals surface area contributed by atoms with Crippen LogP contribution in [0.4, 0.5) is 8.78 Å². The minimum Gasteiger partial charge on any atom is -0.507 e. The molecule has 20 heavy (non-hydrogen) atoms. The minimum absolute atomic E-state index is 0.0151. The Bertz CT molecular complexity index is 501. The van der Waals surface area contributed by atoms with Crippen LogP contribution in [0.1, 0.15) is 29.6 Å². The molecule has 0 unspecified atom stereocenters. The van der Waals surface area contributed by atoms with Crippen molar-refractivity contribution in [3.63, 3.8) is 0 Å². The summed E-state index contributed by atoms with van der Waals surface area (Å²) in [7, 11) is 1.60. The van der Waals surface area contributed by atoms with E-state index in [9.17, 15) is 18.7 Å². The predicted octanol–water partition coefficient (Wildman–Crippen LogP) is 3.03. The zero-order valence-corrected chi connectivity index (χ0v) is 12.2. The Morgan fingerprint density at radius 1 is 1.40 bits per heavy atom. The molecule has 1 saturated carbocycles. The van der Waals surface area contributed by atoms with E-state index in [1.807, 2.05) is 6.26 Å². The van der Waals surface area contributed by atoms with E-state index in [2.05, 4.69) is 0 Å². The molecule has 110 valence electrons. The molecule has 1 amide bonds. The van der Waals surface area contributed by atoms with Crippen LogP contribution in [0.25, 0.3) is 0 Å². The van der Waals surface area contributed by atoms with E-state index in [1.54, 1.807) is 18.8 Å². The van der Waals surface area contributed by atoms with Gasteiger partial charge in [-0.25, -0.2) is 8.78 Å². The number of hydrogen-bond acceptors (Lipinski definition) is 3. The van der Waals surface area contributed by atoms with Gasteiger partial charge in [0.05, 0.1) is 0 Å². The van der Waals surface area contributed by atoms with Crippen molar-refractivity contribution in [2.75, 3.05) is 13.3 Å². The first-order valence-corrected chi connectivity index (χ1v) is 7.72. The van der Waals surface area contributed by atoms with Crippen LogP contribution in [0.5, 0.6) is 5.75 Å². The molecule has 0 radical (unpaired) electrons. The summed E-state index contributed by atoms with van der Waals surface area (Å²) in [6.45, 7) is 0. The molecule has 1 N–H and O–H groups in total. The second kappa shape index (κ2) is 5.99. The lowest BCUT2D eigenvalue weighted by Gasteiger charge is -2.29. The van der Waals surface area contributed by atoms with Crippen molar-refractivity contribution < 1.29 is 18.7 Å². The summed E-state index contributed by atoms with van der Waals surface area (Å²) >= 11 is 1.68. The molecule has 2 rings (SSSR count). The van der Waals surface area contributed by atoms with Crippen LogP contribution in [0.15, 0.2) is 12.1 Å². The van der Waals surface area contributed by atoms with Crippen molar-refractivity contribution in [2.24, 2.45) is 0 Å². The topological polar surface area (TPSA) is 40.5 Å². The predicted molar refractivity (Wildman–Crippen MR) is 75.1 cm³/mol. The Kier molecular flexibility index (Phi) is 4.52. The average molecular weight is 301 g/mol. The maximum absolute atomic E-state index is 13.7. The van der Waals surface area contributed by atoms with Crippen molar-refractivity contribution >= 4 is 17.7 Å². The Labute approximate surface area is 121 Å². The Morgan fingerprint density at radius 3 is 2.70 bits per heavy atom. The van der Waals surface area contributed by atoms with Crippen LogP contribution in [0.2, 0.25) is 0 Å². The first-order valence-electron chi connectivity index (χ1n) is 6.43. The standard InChI is InChI=1S/C14H17F2NO2S/c1-17(10-4-3-5-12(10)20-2)14(19)13-9(16)6-8(15)7-11(13)18/h6-7,10,12,18H,3-5H2,1-2H3/t10-,12-/m0/s1. The second-order valence-corrected chi connectivity index (χ2v) is 6.05. The molecule has 0 bridgehead atoms. The number of amides is 1. The van der Waals surface area contributed by atoms with Gasteiger partial charge in [0, 0.05) is 30.5 Å². The van der Waals surface area contributed by atoms with Gasteiger partial charge in [-0.05, 0) is 19.1 Å². The highest BCUT2D eigenvalue weighted by Crippen LogP contribution is 2.33. The van der Waals surface area contributed by atoms with Crippen LogP contribution in [0, 0.1) is 11.6 Å². The molecular formula is C14H17F2NO2S. The molecule has 2 atom stereocenters. The highest BCUT2D eigenvalue weighted by molar-refractivity contribution is 7.99. The molecule has 1 aromatic carbocycles. The highest BCUT2D eigenvalue weighted by atomic mass is 32.2. The summed E-state index contributed by atoms with van der Waals surface area (Å²) in [5.41, 5.74) is -0.458. The number of thioether (sulfide) groups is 1. The Morgan fingerprint density at radius 2 is 2.10 bits per heavy atom. The van der Waals surface area contributed by atoms with E-state index in [-0.39, 0.29) is 6.04 Å². The van der Waals surface area contributed by atoms with Crippen LogP contribution < -0.4 is 0 Å². The molecule has 6 heteroatoms. The van der Waals surface area contributed by atoms with E-state index in [4.69, 9.17) is 0 Å². The summed E-state index contributed by atoms with van der Waals surface area (Å²) < 4.78 is 26.7. The highest BCUT2D eigenvalue weighted by Gasteiger charge is 2.34. The largest absolute Gasteiger partial charge is 0.507 e. The molecule has 1 aliphatic carbocycles. The molecule has 1 aromatic rings. The lowest BCUT2D eigenvalue weighted by atomic mass is 10.1. The van der Waals surface area contributed by atoms with E-state index in [0.717, 1.165) is 25.3 Å². The summed E-state index contributed by atoms with van der Waals surface area (Å²) in [5, 5.41) is 9.94. The zero-order chi connectivity index (χ0) is 14.9. The van der Waals surface area contributed by atoms with Crippen LogP contribution in [-0.4, -0.2) is 40.5 Å². The van der Waals surface area contributed by atoms with Gasteiger partial charge in [0.25, 0.3) is 5.91 Å². The van der Waals surface area contributed by atoms with Crippen LogP contribution in [0.3, 0.4) is 0 Å². The Balaban J connectivity index is 2.27. The fourth-order valence-electron chi connectivity index (χ4n) is 2.72. The number of rotatable bonds is 3. The molecule has 0 heterocycles. The van der Waals surface area contributed by atoms with Crippen molar-refractivity contribution in [1.29, 1.82) is 0 Å². The summed E-state index contributed by atoms with van der Waals surface area (Å²) in [6, 6.07) is 1.38. The first-order chi connectivity index (χ1) is 9.45. The van der Waals surface area contributed by atoms with Crippen LogP contribution in [-0.2, 0) is 0 Å². The molecule has 1 aliphatic rings. The summed E-state index contributed by atoms with van der Waals surface area (Å²) in [4.78, 5) is 13.8. The third-order valence-electron chi connectivity index (χ3n) is 3.79. The number of halogens is 2. The SMILES string of the molecule is CS[C@H]1CCC[C@@H]1N(C)C(=O)c1c(O)cc(F)cc1F. The Hall–Kier alpha value is -1.30. The normalized spacial score (nSPS) is 22.0. The maximum Gasteiger partial charge on any atom is 0.260 e. The minimum atomic E-state index is -1.03. The smallest absolute Gasteiger partial charge is 0.260 e. The number of phenols is 1. The molecule has 1 fully saturated rings. The molecule has 0 saturated heterocycles. The zero-order valence-electron chi connectivity index (χ0n) is 11.4. The van der Waals surface area contributed by atoms with Crippen molar-refractivity contribution in [2.45, 2.75) is 30.6 Å². The van der Waals surface area contributed by atoms with Gasteiger partial charge >= 0.3 is 0 Å². The molecular weight excluding hydrogens is 284 g/mol. The van der Waals surface area contributed by atoms with Gasteiger partial charge in [-0.1, -0.05) is 6.42 Å². The summed E-state index contributed by atoms with van der Waals surface area (Å²) in [5.74, 6) is -3.19. The number of nitrogens with zero attached hydrogens (tertiary/aromatic N) is 1. The molecule has 0 aliphatic heterocycles. The quantitative estimate of drug-likeness (QED) is 0.933. The number of carbonyl (C=O) groups excluding carboxylic acids is 1. The van der Waals surface area contributed by atoms with Gasteiger partial charge in [-0.2, -0.15) is 11.8 Å². The number of carbonyl (C=O) groups is 1.